The normalized spacial score (nSPS) is 19.8. The summed E-state index contributed by atoms with van der Waals surface area (Å²) in [7, 11) is 0. The summed E-state index contributed by atoms with van der Waals surface area (Å²) in [5.74, 6) is -0.297. The van der Waals surface area contributed by atoms with E-state index >= 15 is 0 Å². The van der Waals surface area contributed by atoms with E-state index in [0.717, 1.165) is 18.8 Å². The summed E-state index contributed by atoms with van der Waals surface area (Å²) in [5.41, 5.74) is 7.01. The lowest BCUT2D eigenvalue weighted by Gasteiger charge is -2.39. The van der Waals surface area contributed by atoms with Gasteiger partial charge in [-0.1, -0.05) is 0 Å². The van der Waals surface area contributed by atoms with E-state index in [1.54, 1.807) is 6.07 Å². The molecule has 0 radical (unpaired) electrons. The van der Waals surface area contributed by atoms with Gasteiger partial charge in [0.05, 0.1) is 23.6 Å². The van der Waals surface area contributed by atoms with Crippen LogP contribution in [0.5, 0.6) is 0 Å². The lowest BCUT2D eigenvalue weighted by atomic mass is 10.1. The molecule has 1 aromatic rings. The van der Waals surface area contributed by atoms with Crippen LogP contribution in [0.15, 0.2) is 18.2 Å². The molecule has 1 saturated heterocycles. The second kappa shape index (κ2) is 3.94. The number of nitrogens with zero attached hydrogens (tertiary/aromatic N) is 1. The van der Waals surface area contributed by atoms with Crippen LogP contribution in [0.3, 0.4) is 0 Å². The van der Waals surface area contributed by atoms with Gasteiger partial charge in [-0.05, 0) is 32.0 Å². The highest BCUT2D eigenvalue weighted by Crippen LogP contribution is 2.28. The first kappa shape index (κ1) is 11.2. The molecular formula is C12H17FN2O. The molecule has 0 amide bonds. The molecule has 0 atom stereocenters. The summed E-state index contributed by atoms with van der Waals surface area (Å²) in [6, 6.07) is 4.53. The number of anilines is 2. The number of nitrogen functional groups attached to an aromatic ring is 1. The Morgan fingerprint density at radius 1 is 1.44 bits per heavy atom. The van der Waals surface area contributed by atoms with Crippen LogP contribution in [0.4, 0.5) is 15.8 Å². The first-order valence-electron chi connectivity index (χ1n) is 5.42. The molecule has 0 saturated carbocycles. The Balaban J connectivity index is 2.23. The second-order valence-electron chi connectivity index (χ2n) is 4.73. The van der Waals surface area contributed by atoms with Crippen LogP contribution in [0, 0.1) is 5.82 Å². The maximum Gasteiger partial charge on any atom is 0.125 e. The Kier molecular flexibility index (Phi) is 2.76. The number of morpholine rings is 1. The minimum Gasteiger partial charge on any atom is -0.397 e. The molecule has 88 valence electrons. The third-order valence-electron chi connectivity index (χ3n) is 2.76. The molecule has 0 unspecified atom stereocenters. The van der Waals surface area contributed by atoms with Crippen LogP contribution in [0.25, 0.3) is 0 Å². The van der Waals surface area contributed by atoms with Gasteiger partial charge in [0.25, 0.3) is 0 Å². The average molecular weight is 224 g/mol. The monoisotopic (exact) mass is 224 g/mol. The van der Waals surface area contributed by atoms with Crippen molar-refractivity contribution in [2.24, 2.45) is 0 Å². The lowest BCUT2D eigenvalue weighted by molar-refractivity contribution is -0.0276. The number of ether oxygens (including phenoxy) is 1. The predicted octanol–water partition coefficient (Wildman–Crippen LogP) is 2.02. The molecule has 1 fully saturated rings. The van der Waals surface area contributed by atoms with Crippen molar-refractivity contribution in [3.05, 3.63) is 24.0 Å². The fourth-order valence-corrected chi connectivity index (χ4v) is 2.04. The first-order valence-corrected chi connectivity index (χ1v) is 5.42. The zero-order chi connectivity index (χ0) is 11.8. The molecule has 2 N–H and O–H groups in total. The van der Waals surface area contributed by atoms with E-state index in [9.17, 15) is 4.39 Å². The van der Waals surface area contributed by atoms with E-state index in [4.69, 9.17) is 10.5 Å². The van der Waals surface area contributed by atoms with Gasteiger partial charge in [0.1, 0.15) is 5.82 Å². The van der Waals surface area contributed by atoms with Gasteiger partial charge in [-0.25, -0.2) is 4.39 Å². The minimum absolute atomic E-state index is 0.181. The Labute approximate surface area is 95.0 Å². The van der Waals surface area contributed by atoms with Gasteiger partial charge < -0.3 is 15.4 Å². The highest BCUT2D eigenvalue weighted by atomic mass is 19.1. The Morgan fingerprint density at radius 2 is 2.19 bits per heavy atom. The topological polar surface area (TPSA) is 38.5 Å². The molecule has 0 aliphatic carbocycles. The summed E-state index contributed by atoms with van der Waals surface area (Å²) in [6.45, 7) is 6.31. The maximum atomic E-state index is 12.9. The molecule has 16 heavy (non-hydrogen) atoms. The van der Waals surface area contributed by atoms with E-state index in [1.807, 2.05) is 13.8 Å². The van der Waals surface area contributed by atoms with Crippen molar-refractivity contribution in [1.29, 1.82) is 0 Å². The summed E-state index contributed by atoms with van der Waals surface area (Å²) in [5, 5.41) is 0. The molecule has 1 heterocycles. The van der Waals surface area contributed by atoms with Crippen LogP contribution in [0.1, 0.15) is 13.8 Å². The van der Waals surface area contributed by atoms with E-state index in [-0.39, 0.29) is 11.4 Å². The van der Waals surface area contributed by atoms with Crippen molar-refractivity contribution in [2.45, 2.75) is 19.4 Å². The highest BCUT2D eigenvalue weighted by molar-refractivity contribution is 5.67. The van der Waals surface area contributed by atoms with E-state index in [0.29, 0.717) is 12.3 Å². The zero-order valence-corrected chi connectivity index (χ0v) is 9.66. The van der Waals surface area contributed by atoms with Crippen LogP contribution < -0.4 is 10.6 Å². The second-order valence-corrected chi connectivity index (χ2v) is 4.73. The number of hydrogen-bond donors (Lipinski definition) is 1. The summed E-state index contributed by atoms with van der Waals surface area (Å²) in [6.07, 6.45) is 0. The Bertz CT molecular complexity index is 393. The molecule has 2 rings (SSSR count). The molecule has 0 aromatic heterocycles. The van der Waals surface area contributed by atoms with Crippen molar-refractivity contribution in [3.8, 4) is 0 Å². The summed E-state index contributed by atoms with van der Waals surface area (Å²) < 4.78 is 18.6. The molecular weight excluding hydrogens is 207 g/mol. The van der Waals surface area contributed by atoms with Gasteiger partial charge in [0.2, 0.25) is 0 Å². The van der Waals surface area contributed by atoms with Gasteiger partial charge in [-0.3, -0.25) is 0 Å². The number of rotatable bonds is 1. The standard InChI is InChI=1S/C12H17FN2O/c1-12(2)8-15(5-6-16-12)11-4-3-9(13)7-10(11)14/h3-4,7H,5-6,8,14H2,1-2H3. The zero-order valence-electron chi connectivity index (χ0n) is 9.66. The van der Waals surface area contributed by atoms with Gasteiger partial charge in [0, 0.05) is 13.1 Å². The van der Waals surface area contributed by atoms with Crippen LogP contribution >= 0.6 is 0 Å². The van der Waals surface area contributed by atoms with Crippen LogP contribution in [-0.4, -0.2) is 25.3 Å². The van der Waals surface area contributed by atoms with E-state index < -0.39 is 0 Å². The van der Waals surface area contributed by atoms with Crippen molar-refractivity contribution in [3.63, 3.8) is 0 Å². The molecule has 3 nitrogen and oxygen atoms in total. The lowest BCUT2D eigenvalue weighted by Crippen LogP contribution is -2.48. The average Bonchev–Trinajstić information content (AvgIpc) is 2.15. The quantitative estimate of drug-likeness (QED) is 0.742. The van der Waals surface area contributed by atoms with Gasteiger partial charge in [-0.15, -0.1) is 0 Å². The number of nitrogens with two attached hydrogens (primary N) is 1. The number of halogens is 1. The summed E-state index contributed by atoms with van der Waals surface area (Å²) in [4.78, 5) is 2.14. The smallest absolute Gasteiger partial charge is 0.125 e. The fourth-order valence-electron chi connectivity index (χ4n) is 2.04. The van der Waals surface area contributed by atoms with Crippen molar-refractivity contribution < 1.29 is 9.13 Å². The van der Waals surface area contributed by atoms with Crippen molar-refractivity contribution in [2.75, 3.05) is 30.3 Å². The van der Waals surface area contributed by atoms with Crippen LogP contribution in [-0.2, 0) is 4.74 Å². The van der Waals surface area contributed by atoms with Gasteiger partial charge in [-0.2, -0.15) is 0 Å². The molecule has 1 aromatic carbocycles. The van der Waals surface area contributed by atoms with Gasteiger partial charge in [0.15, 0.2) is 0 Å². The third kappa shape index (κ3) is 2.27. The maximum absolute atomic E-state index is 12.9. The molecule has 4 heteroatoms. The van der Waals surface area contributed by atoms with Gasteiger partial charge >= 0.3 is 0 Å². The summed E-state index contributed by atoms with van der Waals surface area (Å²) >= 11 is 0. The Hall–Kier alpha value is -1.29. The van der Waals surface area contributed by atoms with E-state index in [1.165, 1.54) is 12.1 Å². The van der Waals surface area contributed by atoms with E-state index in [2.05, 4.69) is 4.90 Å². The Morgan fingerprint density at radius 3 is 2.81 bits per heavy atom. The largest absolute Gasteiger partial charge is 0.397 e. The fraction of sp³-hybridized carbons (Fsp3) is 0.500. The molecule has 0 bridgehead atoms. The predicted molar refractivity (Wildman–Crippen MR) is 63.1 cm³/mol. The number of benzene rings is 1. The highest BCUT2D eigenvalue weighted by Gasteiger charge is 2.28. The van der Waals surface area contributed by atoms with Crippen molar-refractivity contribution >= 4 is 11.4 Å². The number of hydrogen-bond acceptors (Lipinski definition) is 3. The molecule has 0 spiro atoms. The molecule has 1 aliphatic heterocycles. The minimum atomic E-state index is -0.297. The third-order valence-corrected chi connectivity index (χ3v) is 2.76. The van der Waals surface area contributed by atoms with Crippen molar-refractivity contribution in [1.82, 2.24) is 0 Å². The SMILES string of the molecule is CC1(C)CN(c2ccc(F)cc2N)CCO1. The van der Waals surface area contributed by atoms with Crippen LogP contribution in [0.2, 0.25) is 0 Å². The molecule has 1 aliphatic rings. The first-order chi connectivity index (χ1) is 7.48.